The number of ether oxygens (including phenoxy) is 2. The highest BCUT2D eigenvalue weighted by atomic mass is 32.2. The van der Waals surface area contributed by atoms with Crippen LogP contribution in [0.25, 0.3) is 6.08 Å². The second-order valence-corrected chi connectivity index (χ2v) is 7.39. The van der Waals surface area contributed by atoms with E-state index in [9.17, 15) is 14.7 Å². The first-order valence-electron chi connectivity index (χ1n) is 8.36. The lowest BCUT2D eigenvalue weighted by atomic mass is 10.1. The molecule has 8 heteroatoms. The molecule has 2 aromatic rings. The quantitative estimate of drug-likeness (QED) is 0.450. The fraction of sp³-hybridized carbons (Fsp3) is 0.150. The Balaban J connectivity index is 1.86. The molecule has 0 spiro atoms. The van der Waals surface area contributed by atoms with Crippen LogP contribution in [0.15, 0.2) is 47.4 Å². The Morgan fingerprint density at radius 3 is 2.61 bits per heavy atom. The van der Waals surface area contributed by atoms with Gasteiger partial charge < -0.3 is 14.6 Å². The molecule has 3 rings (SSSR count). The van der Waals surface area contributed by atoms with Crippen LogP contribution in [0.5, 0.6) is 11.5 Å². The summed E-state index contributed by atoms with van der Waals surface area (Å²) in [6.07, 6.45) is 1.70. The molecule has 1 fully saturated rings. The Kier molecular flexibility index (Phi) is 6.01. The summed E-state index contributed by atoms with van der Waals surface area (Å²) in [5, 5.41) is 9.81. The van der Waals surface area contributed by atoms with E-state index in [0.717, 1.165) is 0 Å². The van der Waals surface area contributed by atoms with Crippen molar-refractivity contribution in [2.24, 2.45) is 0 Å². The average Bonchev–Trinajstić information content (AvgIpc) is 2.97. The number of benzene rings is 2. The molecule has 0 radical (unpaired) electrons. The van der Waals surface area contributed by atoms with Crippen molar-refractivity contribution in [3.8, 4) is 11.5 Å². The number of carbonyl (C=O) groups excluding carboxylic acids is 2. The Bertz CT molecular complexity index is 969. The van der Waals surface area contributed by atoms with E-state index in [1.165, 1.54) is 29.8 Å². The van der Waals surface area contributed by atoms with Crippen LogP contribution in [-0.2, 0) is 9.53 Å². The zero-order valence-corrected chi connectivity index (χ0v) is 16.8. The van der Waals surface area contributed by atoms with Crippen LogP contribution in [0.3, 0.4) is 0 Å². The molecule has 1 heterocycles. The summed E-state index contributed by atoms with van der Waals surface area (Å²) in [6, 6.07) is 11.3. The molecule has 28 heavy (non-hydrogen) atoms. The van der Waals surface area contributed by atoms with Gasteiger partial charge in [-0.2, -0.15) is 0 Å². The first-order chi connectivity index (χ1) is 13.4. The fourth-order valence-electron chi connectivity index (χ4n) is 2.60. The molecule has 1 N–H and O–H groups in total. The molecule has 0 atom stereocenters. The van der Waals surface area contributed by atoms with E-state index in [1.807, 2.05) is 6.92 Å². The van der Waals surface area contributed by atoms with Gasteiger partial charge >= 0.3 is 5.97 Å². The van der Waals surface area contributed by atoms with E-state index in [2.05, 4.69) is 4.74 Å². The van der Waals surface area contributed by atoms with Gasteiger partial charge in [0.05, 0.1) is 29.9 Å². The van der Waals surface area contributed by atoms with Crippen molar-refractivity contribution in [1.29, 1.82) is 0 Å². The summed E-state index contributed by atoms with van der Waals surface area (Å²) in [5.41, 5.74) is 1.67. The summed E-state index contributed by atoms with van der Waals surface area (Å²) in [6.45, 7) is 2.24. The third-order valence-corrected chi connectivity index (χ3v) is 5.22. The van der Waals surface area contributed by atoms with Crippen LogP contribution in [0.2, 0.25) is 0 Å². The SMILES string of the molecule is CCOc1cc(/C=C2/SC(=S)N(c3ccc(C(=O)OC)cc3)C2=O)ccc1O. The lowest BCUT2D eigenvalue weighted by Gasteiger charge is -2.14. The average molecular weight is 415 g/mol. The third kappa shape index (κ3) is 4.02. The molecule has 1 aliphatic rings. The van der Waals surface area contributed by atoms with Gasteiger partial charge in [-0.25, -0.2) is 4.79 Å². The third-order valence-electron chi connectivity index (χ3n) is 3.92. The summed E-state index contributed by atoms with van der Waals surface area (Å²) in [5.74, 6) is -0.316. The maximum atomic E-state index is 12.9. The number of methoxy groups -OCH3 is 1. The van der Waals surface area contributed by atoms with Crippen molar-refractivity contribution < 1.29 is 24.2 Å². The fourth-order valence-corrected chi connectivity index (χ4v) is 3.90. The van der Waals surface area contributed by atoms with Crippen LogP contribution >= 0.6 is 24.0 Å². The highest BCUT2D eigenvalue weighted by molar-refractivity contribution is 8.27. The molecule has 6 nitrogen and oxygen atoms in total. The number of nitrogens with zero attached hydrogens (tertiary/aromatic N) is 1. The standard InChI is InChI=1S/C20H17NO5S2/c1-3-26-16-10-12(4-9-15(16)22)11-17-18(23)21(20(27)28-17)14-7-5-13(6-8-14)19(24)25-2/h4-11,22H,3H2,1-2H3/b17-11+. The number of amides is 1. The van der Waals surface area contributed by atoms with E-state index in [4.69, 9.17) is 17.0 Å². The molecular formula is C20H17NO5S2. The van der Waals surface area contributed by atoms with Crippen LogP contribution in [0.4, 0.5) is 5.69 Å². The predicted octanol–water partition coefficient (Wildman–Crippen LogP) is 3.98. The van der Waals surface area contributed by atoms with Gasteiger partial charge in [0.15, 0.2) is 15.8 Å². The number of phenols is 1. The molecule has 0 aromatic heterocycles. The Morgan fingerprint density at radius 2 is 1.96 bits per heavy atom. The Labute approximate surface area is 171 Å². The van der Waals surface area contributed by atoms with Crippen molar-refractivity contribution in [3.63, 3.8) is 0 Å². The van der Waals surface area contributed by atoms with E-state index in [-0.39, 0.29) is 11.7 Å². The number of hydrogen-bond acceptors (Lipinski definition) is 7. The molecular weight excluding hydrogens is 398 g/mol. The number of thiocarbonyl (C=S) groups is 1. The van der Waals surface area contributed by atoms with Crippen LogP contribution in [0.1, 0.15) is 22.8 Å². The Hall–Kier alpha value is -2.84. The van der Waals surface area contributed by atoms with Crippen LogP contribution in [0, 0.1) is 0 Å². The van der Waals surface area contributed by atoms with Gasteiger partial charge in [-0.1, -0.05) is 30.0 Å². The van der Waals surface area contributed by atoms with Crippen molar-refractivity contribution in [1.82, 2.24) is 0 Å². The van der Waals surface area contributed by atoms with Gasteiger partial charge in [-0.3, -0.25) is 9.69 Å². The van der Waals surface area contributed by atoms with Gasteiger partial charge in [0, 0.05) is 0 Å². The van der Waals surface area contributed by atoms with E-state index in [0.29, 0.717) is 38.4 Å². The van der Waals surface area contributed by atoms with Gasteiger partial charge in [-0.05, 0) is 55.0 Å². The predicted molar refractivity (Wildman–Crippen MR) is 113 cm³/mol. The van der Waals surface area contributed by atoms with Gasteiger partial charge in [0.25, 0.3) is 5.91 Å². The number of phenolic OH excluding ortho intramolecular Hbond substituents is 1. The van der Waals surface area contributed by atoms with E-state index >= 15 is 0 Å². The first kappa shape index (κ1) is 19.9. The van der Waals surface area contributed by atoms with Crippen molar-refractivity contribution >= 4 is 51.9 Å². The minimum atomic E-state index is -0.450. The van der Waals surface area contributed by atoms with Crippen LogP contribution in [-0.4, -0.2) is 35.0 Å². The smallest absolute Gasteiger partial charge is 0.337 e. The molecule has 1 aliphatic heterocycles. The van der Waals surface area contributed by atoms with Gasteiger partial charge in [0.2, 0.25) is 0 Å². The lowest BCUT2D eigenvalue weighted by molar-refractivity contribution is -0.113. The zero-order chi connectivity index (χ0) is 20.3. The second-order valence-electron chi connectivity index (χ2n) is 5.72. The molecule has 1 amide bonds. The Morgan fingerprint density at radius 1 is 1.25 bits per heavy atom. The maximum Gasteiger partial charge on any atom is 0.337 e. The molecule has 2 aromatic carbocycles. The maximum absolute atomic E-state index is 12.9. The number of anilines is 1. The molecule has 0 aliphatic carbocycles. The monoisotopic (exact) mass is 415 g/mol. The number of aromatic hydroxyl groups is 1. The normalized spacial score (nSPS) is 15.2. The van der Waals surface area contributed by atoms with Crippen molar-refractivity contribution in [2.75, 3.05) is 18.6 Å². The number of thioether (sulfide) groups is 1. The molecule has 1 saturated heterocycles. The largest absolute Gasteiger partial charge is 0.504 e. The highest BCUT2D eigenvalue weighted by Crippen LogP contribution is 2.37. The van der Waals surface area contributed by atoms with E-state index in [1.54, 1.807) is 42.5 Å². The van der Waals surface area contributed by atoms with Gasteiger partial charge in [0.1, 0.15) is 0 Å². The lowest BCUT2D eigenvalue weighted by Crippen LogP contribution is -2.27. The topological polar surface area (TPSA) is 76.1 Å². The number of carbonyl (C=O) groups is 2. The van der Waals surface area contributed by atoms with E-state index < -0.39 is 5.97 Å². The first-order valence-corrected chi connectivity index (χ1v) is 9.59. The van der Waals surface area contributed by atoms with Gasteiger partial charge in [-0.15, -0.1) is 0 Å². The zero-order valence-electron chi connectivity index (χ0n) is 15.2. The minimum absolute atomic E-state index is 0.0391. The summed E-state index contributed by atoms with van der Waals surface area (Å²) >= 11 is 6.54. The minimum Gasteiger partial charge on any atom is -0.504 e. The molecule has 144 valence electrons. The summed E-state index contributed by atoms with van der Waals surface area (Å²) in [4.78, 5) is 26.3. The number of esters is 1. The molecule has 0 unspecified atom stereocenters. The molecule has 0 saturated carbocycles. The summed E-state index contributed by atoms with van der Waals surface area (Å²) < 4.78 is 10.4. The van der Waals surface area contributed by atoms with Crippen molar-refractivity contribution in [3.05, 3.63) is 58.5 Å². The van der Waals surface area contributed by atoms with Crippen LogP contribution < -0.4 is 9.64 Å². The second kappa shape index (κ2) is 8.45. The molecule has 0 bridgehead atoms. The van der Waals surface area contributed by atoms with Crippen molar-refractivity contribution in [2.45, 2.75) is 6.92 Å². The highest BCUT2D eigenvalue weighted by Gasteiger charge is 2.33. The number of rotatable bonds is 5. The number of hydrogen-bond donors (Lipinski definition) is 1. The summed E-state index contributed by atoms with van der Waals surface area (Å²) in [7, 11) is 1.31.